The highest BCUT2D eigenvalue weighted by Crippen LogP contribution is 2.22. The maximum absolute atomic E-state index is 10.8. The topological polar surface area (TPSA) is 130 Å². The first kappa shape index (κ1) is 24.2. The third-order valence-corrected chi connectivity index (χ3v) is 5.65. The second-order valence-corrected chi connectivity index (χ2v) is 9.30. The van der Waals surface area contributed by atoms with E-state index in [-0.39, 0.29) is 0 Å². The van der Waals surface area contributed by atoms with Crippen LogP contribution in [0.3, 0.4) is 0 Å². The third kappa shape index (κ3) is 9.08. The molecule has 8 nitrogen and oxygen atoms in total. The Hall–Kier alpha value is -3.07. The van der Waals surface area contributed by atoms with Gasteiger partial charge in [0.15, 0.2) is 0 Å². The van der Waals surface area contributed by atoms with Crippen LogP contribution in [0.1, 0.15) is 35.2 Å². The molecule has 1 saturated heterocycles. The molecule has 1 fully saturated rings. The number of nitrogens with two attached hydrogens (primary N) is 1. The molecular weight excluding hydrogens is 418 g/mol. The fraction of sp³-hybridized carbons (Fsp3) is 0.364. The van der Waals surface area contributed by atoms with E-state index in [1.807, 2.05) is 6.07 Å². The summed E-state index contributed by atoms with van der Waals surface area (Å²) in [5.74, 6) is 0.140. The molecule has 0 bridgehead atoms. The highest BCUT2D eigenvalue weighted by Gasteiger charge is 2.21. The van der Waals surface area contributed by atoms with E-state index in [0.717, 1.165) is 25.5 Å². The minimum Gasteiger partial charge on any atom is -0.465 e. The van der Waals surface area contributed by atoms with Crippen molar-refractivity contribution in [3.05, 3.63) is 65.7 Å². The molecule has 168 valence electrons. The fourth-order valence-electron chi connectivity index (χ4n) is 3.35. The number of amides is 2. The number of carbonyl (C=O) groups is 2. The van der Waals surface area contributed by atoms with Crippen molar-refractivity contribution in [2.45, 2.75) is 25.7 Å². The number of anilines is 1. The molecule has 31 heavy (non-hydrogen) atoms. The average Bonchev–Trinajstić information content (AvgIpc) is 2.73. The first-order valence-electron chi connectivity index (χ1n) is 10.0. The second kappa shape index (κ2) is 11.4. The third-order valence-electron chi connectivity index (χ3n) is 5.04. The first-order chi connectivity index (χ1) is 14.6. The number of sulfonamides is 1. The number of benzene rings is 2. The van der Waals surface area contributed by atoms with Gasteiger partial charge in [0.1, 0.15) is 0 Å². The number of carbonyl (C=O) groups excluding carboxylic acids is 1. The summed E-state index contributed by atoms with van der Waals surface area (Å²) in [4.78, 5) is 23.0. The number of likely N-dealkylation sites (tertiary alicyclic amines) is 1. The predicted octanol–water partition coefficient (Wildman–Crippen LogP) is 3.17. The van der Waals surface area contributed by atoms with Crippen LogP contribution < -0.4 is 10.5 Å². The SMILES string of the molecule is CS(=O)(=O)Nc1ccc(C(N)=O)cc1.O=C(O)N1CCC(CCc2ccccc2)CC1. The maximum atomic E-state index is 10.8. The zero-order valence-electron chi connectivity index (χ0n) is 17.5. The summed E-state index contributed by atoms with van der Waals surface area (Å²) in [7, 11) is -3.28. The Balaban J connectivity index is 0.000000225. The van der Waals surface area contributed by atoms with Gasteiger partial charge in [-0.05, 0) is 61.4 Å². The van der Waals surface area contributed by atoms with Gasteiger partial charge in [0.05, 0.1) is 6.26 Å². The van der Waals surface area contributed by atoms with Crippen LogP contribution in [-0.2, 0) is 16.4 Å². The molecule has 0 atom stereocenters. The number of primary amides is 1. The summed E-state index contributed by atoms with van der Waals surface area (Å²) in [5, 5.41) is 8.86. The predicted molar refractivity (Wildman–Crippen MR) is 121 cm³/mol. The van der Waals surface area contributed by atoms with E-state index < -0.39 is 22.0 Å². The standard InChI is InChI=1S/C14H19NO2.C8H10N2O3S/c16-14(17)15-10-8-13(9-11-15)7-6-12-4-2-1-3-5-12;1-14(12,13)10-7-4-2-6(3-5-7)8(9)11/h1-5,13H,6-11H2,(H,16,17);2-5,10H,1H3,(H2,9,11). The van der Waals surface area contributed by atoms with Gasteiger partial charge in [-0.2, -0.15) is 0 Å². The number of aryl methyl sites for hydroxylation is 1. The lowest BCUT2D eigenvalue weighted by Crippen LogP contribution is -2.37. The molecule has 1 aliphatic rings. The van der Waals surface area contributed by atoms with E-state index in [2.05, 4.69) is 29.0 Å². The minimum atomic E-state index is -3.28. The molecule has 2 aromatic rings. The molecule has 2 aromatic carbocycles. The van der Waals surface area contributed by atoms with Gasteiger partial charge in [0, 0.05) is 24.3 Å². The van der Waals surface area contributed by atoms with E-state index in [1.165, 1.54) is 41.1 Å². The zero-order valence-corrected chi connectivity index (χ0v) is 18.3. The lowest BCUT2D eigenvalue weighted by Gasteiger charge is -2.29. The van der Waals surface area contributed by atoms with Crippen molar-refractivity contribution in [2.24, 2.45) is 11.7 Å². The summed E-state index contributed by atoms with van der Waals surface area (Å²) < 4.78 is 23.9. The van der Waals surface area contributed by atoms with Gasteiger partial charge >= 0.3 is 6.09 Å². The number of nitrogens with zero attached hydrogens (tertiary/aromatic N) is 1. The average molecular weight is 448 g/mol. The lowest BCUT2D eigenvalue weighted by molar-refractivity contribution is 0.1000. The van der Waals surface area contributed by atoms with Crippen molar-refractivity contribution in [2.75, 3.05) is 24.1 Å². The van der Waals surface area contributed by atoms with Gasteiger partial charge in [-0.3, -0.25) is 9.52 Å². The van der Waals surface area contributed by atoms with Gasteiger partial charge in [-0.25, -0.2) is 13.2 Å². The zero-order chi connectivity index (χ0) is 22.9. The Labute approximate surface area is 183 Å². The minimum absolute atomic E-state index is 0.337. The Morgan fingerprint density at radius 2 is 1.65 bits per heavy atom. The fourth-order valence-corrected chi connectivity index (χ4v) is 3.91. The van der Waals surface area contributed by atoms with Crippen LogP contribution in [0.15, 0.2) is 54.6 Å². The first-order valence-corrected chi connectivity index (χ1v) is 11.9. The number of hydrogen-bond acceptors (Lipinski definition) is 4. The number of carboxylic acid groups (broad SMARTS) is 1. The molecule has 0 spiro atoms. The van der Waals surface area contributed by atoms with Crippen molar-refractivity contribution >= 4 is 27.7 Å². The molecule has 1 aliphatic heterocycles. The summed E-state index contributed by atoms with van der Waals surface area (Å²) in [6.07, 6.45) is 4.59. The highest BCUT2D eigenvalue weighted by atomic mass is 32.2. The molecule has 0 saturated carbocycles. The van der Waals surface area contributed by atoms with Crippen molar-refractivity contribution in [1.82, 2.24) is 4.90 Å². The van der Waals surface area contributed by atoms with Gasteiger partial charge in [-0.15, -0.1) is 0 Å². The highest BCUT2D eigenvalue weighted by molar-refractivity contribution is 7.92. The largest absolute Gasteiger partial charge is 0.465 e. The molecule has 0 aliphatic carbocycles. The van der Waals surface area contributed by atoms with Crippen LogP contribution in [-0.4, -0.2) is 49.8 Å². The van der Waals surface area contributed by atoms with Crippen molar-refractivity contribution in [1.29, 1.82) is 0 Å². The van der Waals surface area contributed by atoms with E-state index in [4.69, 9.17) is 10.8 Å². The Bertz CT molecular complexity index is 954. The van der Waals surface area contributed by atoms with E-state index in [9.17, 15) is 18.0 Å². The molecule has 4 N–H and O–H groups in total. The van der Waals surface area contributed by atoms with Gasteiger partial charge < -0.3 is 15.7 Å². The molecule has 3 rings (SSSR count). The van der Waals surface area contributed by atoms with Gasteiger partial charge in [-0.1, -0.05) is 30.3 Å². The summed E-state index contributed by atoms with van der Waals surface area (Å²) in [6, 6.07) is 16.4. The summed E-state index contributed by atoms with van der Waals surface area (Å²) >= 11 is 0. The van der Waals surface area contributed by atoms with Crippen molar-refractivity contribution in [3.63, 3.8) is 0 Å². The van der Waals surface area contributed by atoms with Crippen LogP contribution in [0.5, 0.6) is 0 Å². The molecule has 0 radical (unpaired) electrons. The Morgan fingerprint density at radius 1 is 1.06 bits per heavy atom. The van der Waals surface area contributed by atoms with Crippen LogP contribution in [0.4, 0.5) is 10.5 Å². The maximum Gasteiger partial charge on any atom is 0.407 e. The van der Waals surface area contributed by atoms with Crippen LogP contribution in [0.2, 0.25) is 0 Å². The van der Waals surface area contributed by atoms with E-state index in [1.54, 1.807) is 0 Å². The van der Waals surface area contributed by atoms with Crippen LogP contribution >= 0.6 is 0 Å². The second-order valence-electron chi connectivity index (χ2n) is 7.55. The molecule has 0 unspecified atom stereocenters. The molecule has 2 amide bonds. The Kier molecular flexibility index (Phi) is 8.87. The summed E-state index contributed by atoms with van der Waals surface area (Å²) in [5.41, 5.74) is 7.13. The van der Waals surface area contributed by atoms with Crippen molar-refractivity contribution in [3.8, 4) is 0 Å². The number of hydrogen-bond donors (Lipinski definition) is 3. The lowest BCUT2D eigenvalue weighted by atomic mass is 9.91. The van der Waals surface area contributed by atoms with Crippen LogP contribution in [0, 0.1) is 5.92 Å². The number of rotatable bonds is 6. The molecule has 1 heterocycles. The van der Waals surface area contributed by atoms with Crippen LogP contribution in [0.25, 0.3) is 0 Å². The molecular formula is C22H29N3O5S. The molecule has 0 aromatic heterocycles. The normalized spacial score (nSPS) is 14.3. The van der Waals surface area contributed by atoms with E-state index >= 15 is 0 Å². The van der Waals surface area contributed by atoms with E-state index in [0.29, 0.717) is 30.3 Å². The van der Waals surface area contributed by atoms with Gasteiger partial charge in [0.25, 0.3) is 0 Å². The smallest absolute Gasteiger partial charge is 0.407 e. The van der Waals surface area contributed by atoms with Gasteiger partial charge in [0.2, 0.25) is 15.9 Å². The number of nitrogens with one attached hydrogen (secondary N) is 1. The quantitative estimate of drug-likeness (QED) is 0.626. The van der Waals surface area contributed by atoms with Crippen molar-refractivity contribution < 1.29 is 23.1 Å². The molecule has 9 heteroatoms. The Morgan fingerprint density at radius 3 is 2.13 bits per heavy atom. The number of piperidine rings is 1. The summed E-state index contributed by atoms with van der Waals surface area (Å²) in [6.45, 7) is 1.41. The monoisotopic (exact) mass is 447 g/mol.